The van der Waals surface area contributed by atoms with Crippen molar-refractivity contribution in [2.24, 2.45) is 0 Å². The first-order chi connectivity index (χ1) is 9.42. The van der Waals surface area contributed by atoms with Crippen LogP contribution in [-0.4, -0.2) is 33.8 Å². The Kier molecular flexibility index (Phi) is 3.21. The molecule has 0 N–H and O–H groups in total. The standard InChI is InChI=1S/C12H15ClN4O2S/c1-7-8(2)17-11(15-16-12(17)10(13)14-7)9-5-3-4-6-20(9,18)19/h9H,3-6H2,1-2H3. The lowest BCUT2D eigenvalue weighted by Crippen LogP contribution is -2.24. The Morgan fingerprint density at radius 2 is 2.00 bits per heavy atom. The molecule has 2 aromatic rings. The molecule has 20 heavy (non-hydrogen) atoms. The molecular weight excluding hydrogens is 300 g/mol. The van der Waals surface area contributed by atoms with Crippen LogP contribution in [0.1, 0.15) is 41.7 Å². The molecule has 6 nitrogen and oxygen atoms in total. The fourth-order valence-electron chi connectivity index (χ4n) is 2.65. The molecular formula is C12H15ClN4O2S. The number of nitrogens with zero attached hydrogens (tertiary/aromatic N) is 4. The number of aryl methyl sites for hydroxylation is 2. The van der Waals surface area contributed by atoms with E-state index in [2.05, 4.69) is 15.2 Å². The molecule has 1 aliphatic rings. The van der Waals surface area contributed by atoms with Crippen LogP contribution >= 0.6 is 11.6 Å². The predicted octanol–water partition coefficient (Wildman–Crippen LogP) is 2.03. The van der Waals surface area contributed by atoms with Crippen LogP contribution in [0.4, 0.5) is 0 Å². The molecule has 0 radical (unpaired) electrons. The van der Waals surface area contributed by atoms with Crippen LogP contribution in [0.2, 0.25) is 5.15 Å². The van der Waals surface area contributed by atoms with Gasteiger partial charge in [0.05, 0.1) is 11.4 Å². The molecule has 0 aliphatic carbocycles. The third kappa shape index (κ3) is 2.00. The van der Waals surface area contributed by atoms with Gasteiger partial charge in [-0.15, -0.1) is 10.2 Å². The van der Waals surface area contributed by atoms with Gasteiger partial charge in [-0.2, -0.15) is 0 Å². The Morgan fingerprint density at radius 3 is 2.70 bits per heavy atom. The van der Waals surface area contributed by atoms with E-state index in [4.69, 9.17) is 11.6 Å². The molecule has 1 unspecified atom stereocenters. The molecule has 108 valence electrons. The van der Waals surface area contributed by atoms with E-state index < -0.39 is 15.1 Å². The summed E-state index contributed by atoms with van der Waals surface area (Å²) in [4.78, 5) is 4.19. The van der Waals surface area contributed by atoms with E-state index in [1.54, 1.807) is 4.40 Å². The van der Waals surface area contributed by atoms with Gasteiger partial charge in [-0.25, -0.2) is 13.4 Å². The average molecular weight is 315 g/mol. The molecule has 2 aromatic heterocycles. The largest absolute Gasteiger partial charge is 0.278 e. The summed E-state index contributed by atoms with van der Waals surface area (Å²) in [6.45, 7) is 3.70. The molecule has 1 aliphatic heterocycles. The van der Waals surface area contributed by atoms with Crippen molar-refractivity contribution in [2.45, 2.75) is 38.4 Å². The van der Waals surface area contributed by atoms with Crippen LogP contribution in [0.5, 0.6) is 0 Å². The number of sulfone groups is 1. The molecule has 0 bridgehead atoms. The first-order valence-corrected chi connectivity index (χ1v) is 8.60. The van der Waals surface area contributed by atoms with Gasteiger partial charge in [0.15, 0.2) is 26.5 Å². The highest BCUT2D eigenvalue weighted by atomic mass is 35.5. The minimum Gasteiger partial charge on any atom is -0.278 e. The average Bonchev–Trinajstić information content (AvgIpc) is 2.80. The Balaban J connectivity index is 2.27. The highest BCUT2D eigenvalue weighted by molar-refractivity contribution is 7.91. The second kappa shape index (κ2) is 4.66. The van der Waals surface area contributed by atoms with Gasteiger partial charge in [0, 0.05) is 5.69 Å². The smallest absolute Gasteiger partial charge is 0.198 e. The second-order valence-electron chi connectivity index (χ2n) is 5.14. The molecule has 1 atom stereocenters. The fraction of sp³-hybridized carbons (Fsp3) is 0.583. The predicted molar refractivity (Wildman–Crippen MR) is 75.6 cm³/mol. The molecule has 0 spiro atoms. The van der Waals surface area contributed by atoms with Crippen LogP contribution in [0.3, 0.4) is 0 Å². The van der Waals surface area contributed by atoms with Crippen molar-refractivity contribution in [3.05, 3.63) is 22.4 Å². The van der Waals surface area contributed by atoms with Crippen LogP contribution in [0.25, 0.3) is 5.65 Å². The van der Waals surface area contributed by atoms with Gasteiger partial charge >= 0.3 is 0 Å². The maximum Gasteiger partial charge on any atom is 0.198 e. The Morgan fingerprint density at radius 1 is 1.25 bits per heavy atom. The van der Waals surface area contributed by atoms with Gasteiger partial charge in [0.1, 0.15) is 5.25 Å². The molecule has 1 saturated heterocycles. The third-order valence-electron chi connectivity index (χ3n) is 3.86. The van der Waals surface area contributed by atoms with Crippen LogP contribution < -0.4 is 0 Å². The lowest BCUT2D eigenvalue weighted by atomic mass is 10.2. The zero-order chi connectivity index (χ0) is 14.5. The Hall–Kier alpha value is -1.21. The topological polar surface area (TPSA) is 77.2 Å². The quantitative estimate of drug-likeness (QED) is 0.805. The van der Waals surface area contributed by atoms with Crippen molar-refractivity contribution < 1.29 is 8.42 Å². The summed E-state index contributed by atoms with van der Waals surface area (Å²) in [6, 6.07) is 0. The summed E-state index contributed by atoms with van der Waals surface area (Å²) >= 11 is 6.07. The van der Waals surface area contributed by atoms with Gasteiger partial charge in [-0.3, -0.25) is 4.40 Å². The third-order valence-corrected chi connectivity index (χ3v) is 6.29. The molecule has 0 amide bonds. The number of fused-ring (bicyclic) bond motifs is 1. The van der Waals surface area contributed by atoms with E-state index >= 15 is 0 Å². The Bertz CT molecular complexity index is 784. The van der Waals surface area contributed by atoms with Crippen molar-refractivity contribution in [3.63, 3.8) is 0 Å². The number of hydrogen-bond acceptors (Lipinski definition) is 5. The van der Waals surface area contributed by atoms with E-state index in [9.17, 15) is 8.42 Å². The molecule has 1 fully saturated rings. The van der Waals surface area contributed by atoms with Gasteiger partial charge in [0.25, 0.3) is 0 Å². The van der Waals surface area contributed by atoms with Crippen molar-refractivity contribution in [1.29, 1.82) is 0 Å². The number of hydrogen-bond donors (Lipinski definition) is 0. The lowest BCUT2D eigenvalue weighted by Gasteiger charge is -2.21. The van der Waals surface area contributed by atoms with Crippen molar-refractivity contribution in [1.82, 2.24) is 19.6 Å². The highest BCUT2D eigenvalue weighted by Crippen LogP contribution is 2.33. The first kappa shape index (κ1) is 13.8. The van der Waals surface area contributed by atoms with E-state index in [1.165, 1.54) is 0 Å². The van der Waals surface area contributed by atoms with Gasteiger partial charge < -0.3 is 0 Å². The van der Waals surface area contributed by atoms with E-state index in [1.807, 2.05) is 13.8 Å². The van der Waals surface area contributed by atoms with Crippen LogP contribution in [0, 0.1) is 13.8 Å². The number of halogens is 1. The maximum atomic E-state index is 12.3. The van der Waals surface area contributed by atoms with Crippen molar-refractivity contribution in [2.75, 3.05) is 5.75 Å². The molecule has 0 saturated carbocycles. The van der Waals surface area contributed by atoms with E-state index in [0.717, 1.165) is 24.2 Å². The van der Waals surface area contributed by atoms with E-state index in [0.29, 0.717) is 17.9 Å². The SMILES string of the molecule is Cc1nc(Cl)c2nnc(C3CCCCS3(=O)=O)n2c1C. The van der Waals surface area contributed by atoms with Crippen LogP contribution in [0.15, 0.2) is 0 Å². The zero-order valence-corrected chi connectivity index (χ0v) is 12.9. The van der Waals surface area contributed by atoms with E-state index in [-0.39, 0.29) is 10.9 Å². The molecule has 3 rings (SSSR count). The van der Waals surface area contributed by atoms with Crippen LogP contribution in [-0.2, 0) is 9.84 Å². The molecule has 3 heterocycles. The van der Waals surface area contributed by atoms with Gasteiger partial charge in [0.2, 0.25) is 0 Å². The first-order valence-electron chi connectivity index (χ1n) is 6.51. The highest BCUT2D eigenvalue weighted by Gasteiger charge is 2.34. The minimum atomic E-state index is -3.17. The summed E-state index contributed by atoms with van der Waals surface area (Å²) in [6.07, 6.45) is 2.19. The van der Waals surface area contributed by atoms with Gasteiger partial charge in [-0.1, -0.05) is 18.0 Å². The summed E-state index contributed by atoms with van der Waals surface area (Å²) in [5.41, 5.74) is 1.99. The van der Waals surface area contributed by atoms with Crippen molar-refractivity contribution >= 4 is 27.1 Å². The van der Waals surface area contributed by atoms with Crippen molar-refractivity contribution in [3.8, 4) is 0 Å². The zero-order valence-electron chi connectivity index (χ0n) is 11.3. The summed E-state index contributed by atoms with van der Waals surface area (Å²) < 4.78 is 26.3. The number of rotatable bonds is 1. The summed E-state index contributed by atoms with van der Waals surface area (Å²) in [5, 5.41) is 7.76. The second-order valence-corrected chi connectivity index (χ2v) is 7.80. The number of aromatic nitrogens is 4. The fourth-order valence-corrected chi connectivity index (χ4v) is 4.79. The monoisotopic (exact) mass is 314 g/mol. The maximum absolute atomic E-state index is 12.3. The molecule has 0 aromatic carbocycles. The minimum absolute atomic E-state index is 0.212. The molecule has 8 heteroatoms. The van der Waals surface area contributed by atoms with Gasteiger partial charge in [-0.05, 0) is 26.7 Å². The summed E-state index contributed by atoms with van der Waals surface area (Å²) in [5.74, 6) is 0.674. The lowest BCUT2D eigenvalue weighted by molar-refractivity contribution is 0.536. The Labute approximate surface area is 122 Å². The normalized spacial score (nSPS) is 22.2. The summed E-state index contributed by atoms with van der Waals surface area (Å²) in [7, 11) is -3.17.